The van der Waals surface area contributed by atoms with E-state index in [4.69, 9.17) is 4.74 Å². The van der Waals surface area contributed by atoms with E-state index in [1.807, 2.05) is 18.2 Å². The SMILES string of the molecule is COc1ccccc1C(=O)Nc1ccc2nc(SCC(=O)Nc3ccc(C(C)=O)cc3)sc2c1. The Balaban J connectivity index is 1.37. The van der Waals surface area contributed by atoms with E-state index in [2.05, 4.69) is 15.6 Å². The van der Waals surface area contributed by atoms with Crippen LogP contribution in [-0.2, 0) is 4.79 Å². The van der Waals surface area contributed by atoms with Crippen LogP contribution < -0.4 is 15.4 Å². The molecule has 2 N–H and O–H groups in total. The molecule has 4 aromatic rings. The highest BCUT2D eigenvalue weighted by atomic mass is 32.2. The second-order valence-corrected chi connectivity index (χ2v) is 9.54. The van der Waals surface area contributed by atoms with Gasteiger partial charge in [-0.15, -0.1) is 11.3 Å². The van der Waals surface area contributed by atoms with Gasteiger partial charge in [0.15, 0.2) is 10.1 Å². The zero-order valence-electron chi connectivity index (χ0n) is 18.5. The van der Waals surface area contributed by atoms with Crippen LogP contribution >= 0.6 is 23.1 Å². The Morgan fingerprint density at radius 1 is 0.971 bits per heavy atom. The minimum absolute atomic E-state index is 0.0215. The highest BCUT2D eigenvalue weighted by Crippen LogP contribution is 2.31. The third kappa shape index (κ3) is 5.62. The van der Waals surface area contributed by atoms with Crippen molar-refractivity contribution >= 4 is 62.3 Å². The second-order valence-electron chi connectivity index (χ2n) is 7.29. The maximum Gasteiger partial charge on any atom is 0.259 e. The molecule has 0 aliphatic heterocycles. The van der Waals surface area contributed by atoms with Gasteiger partial charge in [0.25, 0.3) is 5.91 Å². The minimum Gasteiger partial charge on any atom is -0.496 e. The highest BCUT2D eigenvalue weighted by Gasteiger charge is 2.13. The van der Waals surface area contributed by atoms with Crippen molar-refractivity contribution in [1.82, 2.24) is 4.98 Å². The number of amides is 2. The number of hydrogen-bond acceptors (Lipinski definition) is 7. The number of ketones is 1. The van der Waals surface area contributed by atoms with Gasteiger partial charge in [-0.1, -0.05) is 23.9 Å². The number of rotatable bonds is 8. The van der Waals surface area contributed by atoms with Gasteiger partial charge in [-0.3, -0.25) is 14.4 Å². The summed E-state index contributed by atoms with van der Waals surface area (Å²) in [5, 5.41) is 5.71. The van der Waals surface area contributed by atoms with Crippen LogP contribution in [0.3, 0.4) is 0 Å². The second kappa shape index (κ2) is 10.5. The molecule has 0 radical (unpaired) electrons. The molecule has 7 nitrogen and oxygen atoms in total. The summed E-state index contributed by atoms with van der Waals surface area (Å²) in [5.41, 5.74) is 3.13. The summed E-state index contributed by atoms with van der Waals surface area (Å²) in [6.07, 6.45) is 0. The van der Waals surface area contributed by atoms with Crippen molar-refractivity contribution in [2.24, 2.45) is 0 Å². The number of aromatic nitrogens is 1. The van der Waals surface area contributed by atoms with E-state index in [0.717, 1.165) is 14.6 Å². The van der Waals surface area contributed by atoms with Crippen molar-refractivity contribution in [1.29, 1.82) is 0 Å². The summed E-state index contributed by atoms with van der Waals surface area (Å²) in [4.78, 5) is 40.9. The first-order chi connectivity index (χ1) is 16.4. The minimum atomic E-state index is -0.260. The van der Waals surface area contributed by atoms with Gasteiger partial charge in [0.05, 0.1) is 28.6 Å². The number of thioether (sulfide) groups is 1. The number of benzene rings is 3. The van der Waals surface area contributed by atoms with Crippen LogP contribution in [0.2, 0.25) is 0 Å². The van der Waals surface area contributed by atoms with E-state index >= 15 is 0 Å². The van der Waals surface area contributed by atoms with Crippen molar-refractivity contribution in [3.05, 3.63) is 77.9 Å². The fourth-order valence-electron chi connectivity index (χ4n) is 3.19. The number of ether oxygens (including phenoxy) is 1. The Morgan fingerprint density at radius 2 is 1.71 bits per heavy atom. The van der Waals surface area contributed by atoms with Crippen LogP contribution in [-0.4, -0.2) is 35.4 Å². The van der Waals surface area contributed by atoms with E-state index in [0.29, 0.717) is 28.3 Å². The number of hydrogen-bond donors (Lipinski definition) is 2. The molecular weight excluding hydrogens is 470 g/mol. The Kier molecular flexibility index (Phi) is 7.24. The van der Waals surface area contributed by atoms with Gasteiger partial charge in [0, 0.05) is 16.9 Å². The van der Waals surface area contributed by atoms with Crippen LogP contribution in [0.15, 0.2) is 71.1 Å². The van der Waals surface area contributed by atoms with Crippen molar-refractivity contribution in [2.75, 3.05) is 23.5 Å². The molecule has 4 rings (SSSR count). The fraction of sp³-hybridized carbons (Fsp3) is 0.120. The van der Waals surface area contributed by atoms with E-state index in [1.54, 1.807) is 48.5 Å². The lowest BCUT2D eigenvalue weighted by atomic mass is 10.1. The maximum absolute atomic E-state index is 12.6. The van der Waals surface area contributed by atoms with Crippen LogP contribution in [0.4, 0.5) is 11.4 Å². The number of fused-ring (bicyclic) bond motifs is 1. The van der Waals surface area contributed by atoms with Gasteiger partial charge in [0.2, 0.25) is 5.91 Å². The molecule has 3 aromatic carbocycles. The number of nitrogens with one attached hydrogen (secondary N) is 2. The molecular formula is C25H21N3O4S2. The summed E-state index contributed by atoms with van der Waals surface area (Å²) in [7, 11) is 1.53. The van der Waals surface area contributed by atoms with Gasteiger partial charge in [-0.25, -0.2) is 4.98 Å². The van der Waals surface area contributed by atoms with E-state index in [1.165, 1.54) is 37.1 Å². The molecule has 0 unspecified atom stereocenters. The zero-order valence-corrected chi connectivity index (χ0v) is 20.1. The fourth-order valence-corrected chi connectivity index (χ4v) is 5.09. The predicted molar refractivity (Wildman–Crippen MR) is 136 cm³/mol. The average molecular weight is 492 g/mol. The Morgan fingerprint density at radius 3 is 2.44 bits per heavy atom. The zero-order chi connectivity index (χ0) is 24.1. The lowest BCUT2D eigenvalue weighted by Gasteiger charge is -2.09. The molecule has 2 amide bonds. The maximum atomic E-state index is 12.6. The van der Waals surface area contributed by atoms with Crippen LogP contribution in [0.1, 0.15) is 27.6 Å². The first kappa shape index (κ1) is 23.5. The first-order valence-corrected chi connectivity index (χ1v) is 12.1. The molecule has 1 aromatic heterocycles. The standard InChI is InChI=1S/C25H21N3O4S2/c1-15(29)16-7-9-17(10-8-16)26-23(30)14-33-25-28-20-12-11-18(13-22(20)34-25)27-24(31)19-5-3-4-6-21(19)32-2/h3-13H,14H2,1-2H3,(H,26,30)(H,27,31). The third-order valence-corrected chi connectivity index (χ3v) is 7.04. The van der Waals surface area contributed by atoms with Crippen molar-refractivity contribution in [3.63, 3.8) is 0 Å². The molecule has 0 spiro atoms. The largest absolute Gasteiger partial charge is 0.496 e. The number of thiazole rings is 1. The molecule has 9 heteroatoms. The summed E-state index contributed by atoms with van der Waals surface area (Å²) in [6.45, 7) is 1.50. The smallest absolute Gasteiger partial charge is 0.259 e. The normalized spacial score (nSPS) is 10.6. The first-order valence-electron chi connectivity index (χ1n) is 10.3. The van der Waals surface area contributed by atoms with Gasteiger partial charge in [-0.2, -0.15) is 0 Å². The highest BCUT2D eigenvalue weighted by molar-refractivity contribution is 8.01. The Hall–Kier alpha value is -3.69. The molecule has 0 fully saturated rings. The predicted octanol–water partition coefficient (Wildman–Crippen LogP) is 5.49. The molecule has 0 saturated heterocycles. The van der Waals surface area contributed by atoms with E-state index < -0.39 is 0 Å². The molecule has 0 aliphatic rings. The number of anilines is 2. The molecule has 34 heavy (non-hydrogen) atoms. The molecule has 0 atom stereocenters. The summed E-state index contributed by atoms with van der Waals surface area (Å²) < 4.78 is 6.92. The molecule has 0 saturated carbocycles. The number of carbonyl (C=O) groups is 3. The molecule has 0 bridgehead atoms. The molecule has 1 heterocycles. The van der Waals surface area contributed by atoms with Crippen molar-refractivity contribution in [3.8, 4) is 5.75 Å². The average Bonchev–Trinajstić information content (AvgIpc) is 3.25. The van der Waals surface area contributed by atoms with Crippen molar-refractivity contribution in [2.45, 2.75) is 11.3 Å². The van der Waals surface area contributed by atoms with Gasteiger partial charge >= 0.3 is 0 Å². The summed E-state index contributed by atoms with van der Waals surface area (Å²) in [6, 6.07) is 19.3. The van der Waals surface area contributed by atoms with E-state index in [-0.39, 0.29) is 23.4 Å². The monoisotopic (exact) mass is 491 g/mol. The number of Topliss-reactive ketones (excluding diaryl/α,β-unsaturated/α-hetero) is 1. The van der Waals surface area contributed by atoms with Gasteiger partial charge in [0.1, 0.15) is 5.75 Å². The van der Waals surface area contributed by atoms with Crippen LogP contribution in [0.25, 0.3) is 10.2 Å². The van der Waals surface area contributed by atoms with Gasteiger partial charge in [-0.05, 0) is 61.5 Å². The molecule has 172 valence electrons. The lowest BCUT2D eigenvalue weighted by molar-refractivity contribution is -0.113. The van der Waals surface area contributed by atoms with Crippen molar-refractivity contribution < 1.29 is 19.1 Å². The number of carbonyl (C=O) groups excluding carboxylic acids is 3. The number of nitrogens with zero attached hydrogens (tertiary/aromatic N) is 1. The quantitative estimate of drug-likeness (QED) is 0.250. The Labute approximate surface area is 204 Å². The third-order valence-electron chi connectivity index (χ3n) is 4.88. The number of methoxy groups -OCH3 is 1. The van der Waals surface area contributed by atoms with E-state index in [9.17, 15) is 14.4 Å². The number of para-hydroxylation sites is 1. The van der Waals surface area contributed by atoms with Crippen LogP contribution in [0, 0.1) is 0 Å². The van der Waals surface area contributed by atoms with Crippen LogP contribution in [0.5, 0.6) is 5.75 Å². The summed E-state index contributed by atoms with van der Waals surface area (Å²) >= 11 is 2.79. The Bertz CT molecular complexity index is 1370. The van der Waals surface area contributed by atoms with Gasteiger partial charge < -0.3 is 15.4 Å². The summed E-state index contributed by atoms with van der Waals surface area (Å²) in [5.74, 6) is 0.261. The topological polar surface area (TPSA) is 97.4 Å². The molecule has 0 aliphatic carbocycles. The lowest BCUT2D eigenvalue weighted by Crippen LogP contribution is -2.13.